The van der Waals surface area contributed by atoms with Gasteiger partial charge >= 0.3 is 12.1 Å². The number of hydrogen-bond acceptors (Lipinski definition) is 11. The Labute approximate surface area is 391 Å². The summed E-state index contributed by atoms with van der Waals surface area (Å²) in [4.78, 5) is 52.9. The number of fused-ring (bicyclic) bond motifs is 1. The van der Waals surface area contributed by atoms with Crippen LogP contribution in [0.25, 0.3) is 22.2 Å². The monoisotopic (exact) mass is 905 g/mol. The number of hydrazine groups is 1. The number of aryl methyl sites for hydroxylation is 1. The number of methoxy groups -OCH3 is 1. The molecule has 14 heteroatoms. The molecule has 2 amide bonds. The molecule has 2 aromatic carbocycles. The maximum absolute atomic E-state index is 14.3. The molecule has 4 aliphatic rings. The third-order valence-corrected chi connectivity index (χ3v) is 14.3. The highest BCUT2D eigenvalue weighted by Crippen LogP contribution is 2.43. The lowest BCUT2D eigenvalue weighted by Crippen LogP contribution is -2.60. The van der Waals surface area contributed by atoms with Crippen molar-refractivity contribution < 1.29 is 28.6 Å². The molecule has 3 aliphatic heterocycles. The maximum Gasteiger partial charge on any atom is 0.408 e. The lowest BCUT2D eigenvalue weighted by Gasteiger charge is -2.38. The van der Waals surface area contributed by atoms with E-state index in [0.717, 1.165) is 68.6 Å². The second-order valence-electron chi connectivity index (χ2n) is 19.8. The number of carbonyl (C=O) groups excluding carboxylic acids is 3. The summed E-state index contributed by atoms with van der Waals surface area (Å²) in [5.41, 5.74) is 12.4. The average molecular weight is 905 g/mol. The van der Waals surface area contributed by atoms with Crippen LogP contribution in [0, 0.1) is 5.41 Å². The minimum atomic E-state index is -0.977. The second kappa shape index (κ2) is 20.8. The number of nitrogens with zero attached hydrogens (tertiary/aromatic N) is 6. The molecule has 1 aliphatic carbocycles. The summed E-state index contributed by atoms with van der Waals surface area (Å²) in [6.07, 6.45) is 7.01. The Morgan fingerprint density at radius 2 is 1.71 bits per heavy atom. The van der Waals surface area contributed by atoms with Gasteiger partial charge in [0.15, 0.2) is 0 Å². The molecule has 4 aromatic rings. The molecule has 0 unspecified atom stereocenters. The molecule has 8 rings (SSSR count). The number of benzene rings is 2. The quantitative estimate of drug-likeness (QED) is 0.107. The molecule has 3 saturated heterocycles. The van der Waals surface area contributed by atoms with Gasteiger partial charge in [0.05, 0.1) is 43.1 Å². The Kier molecular flexibility index (Phi) is 14.9. The Morgan fingerprint density at radius 1 is 0.939 bits per heavy atom. The van der Waals surface area contributed by atoms with Gasteiger partial charge in [0.2, 0.25) is 0 Å². The van der Waals surface area contributed by atoms with E-state index >= 15 is 0 Å². The molecular formula is C52H72N8O6. The highest BCUT2D eigenvalue weighted by molar-refractivity contribution is 5.95. The molecule has 4 fully saturated rings. The van der Waals surface area contributed by atoms with Gasteiger partial charge in [-0.15, -0.1) is 0 Å². The number of esters is 1. The van der Waals surface area contributed by atoms with E-state index in [9.17, 15) is 14.4 Å². The van der Waals surface area contributed by atoms with E-state index in [1.807, 2.05) is 30.3 Å². The number of anilines is 2. The molecule has 2 aromatic heterocycles. The van der Waals surface area contributed by atoms with Crippen LogP contribution < -0.4 is 20.5 Å². The molecule has 0 bridgehead atoms. The first-order valence-electron chi connectivity index (χ1n) is 24.5. The van der Waals surface area contributed by atoms with Gasteiger partial charge < -0.3 is 33.9 Å². The van der Waals surface area contributed by atoms with Crippen LogP contribution in [0.15, 0.2) is 60.8 Å². The fourth-order valence-electron chi connectivity index (χ4n) is 10.0. The van der Waals surface area contributed by atoms with Crippen molar-refractivity contribution >= 4 is 40.2 Å². The summed E-state index contributed by atoms with van der Waals surface area (Å²) in [6.45, 7) is 20.9. The summed E-state index contributed by atoms with van der Waals surface area (Å²) in [5, 5.41) is 5.54. The molecule has 1 saturated carbocycles. The summed E-state index contributed by atoms with van der Waals surface area (Å²) in [5.74, 6) is -0.555. The Bertz CT molecular complexity index is 2320. The summed E-state index contributed by atoms with van der Waals surface area (Å²) in [6, 6.07) is 17.9. The van der Waals surface area contributed by atoms with Crippen LogP contribution in [0.5, 0.6) is 0 Å². The van der Waals surface area contributed by atoms with Gasteiger partial charge in [-0.05, 0) is 85.8 Å². The summed E-state index contributed by atoms with van der Waals surface area (Å²) >= 11 is 0. The predicted molar refractivity (Wildman–Crippen MR) is 260 cm³/mol. The Hall–Kier alpha value is -5.18. The number of aromatic nitrogens is 2. The van der Waals surface area contributed by atoms with E-state index in [0.29, 0.717) is 39.1 Å². The van der Waals surface area contributed by atoms with E-state index in [-0.39, 0.29) is 36.4 Å². The average Bonchev–Trinajstić information content (AvgIpc) is 4.15. The third-order valence-electron chi connectivity index (χ3n) is 14.3. The van der Waals surface area contributed by atoms with E-state index in [2.05, 4.69) is 102 Å². The van der Waals surface area contributed by atoms with Crippen molar-refractivity contribution in [2.24, 2.45) is 5.41 Å². The minimum absolute atomic E-state index is 0.0563. The zero-order valence-corrected chi connectivity index (χ0v) is 40.3. The fraction of sp³-hybridized carbons (Fsp3) is 0.577. The number of alkyl carbamates (subject to hydrolysis) is 1. The number of hydrogen-bond donors (Lipinski definition) is 2. The molecule has 356 valence electrons. The van der Waals surface area contributed by atoms with Gasteiger partial charge in [-0.3, -0.25) is 24.5 Å². The number of rotatable bonds is 16. The first-order valence-corrected chi connectivity index (χ1v) is 24.5. The standard InChI is InChI=1S/C52H72N8O6/c1-8-52(5,6)31-43-41-28-38(19-20-46(41)59(9-2)48(43)42-29-39(32-53-47(42)35(3)4)57-24-22-56(23-25-57)37-17-18-37)58-26-27-65-40(33-58)30-45(54-51(63)66-34-36-14-11-10-12-15-36)49(61)60-21-13-16-44(55-60)50(62)64-7/h10-12,14-15,19-20,28-29,32,35,37,40,44-45,55H,8-9,13,16-18,21-27,30-31,33-34H2,1-7H3,(H,54,63)/t40-,44-,45-/m0/s1. The normalized spacial score (nSPS) is 20.2. The van der Waals surface area contributed by atoms with Gasteiger partial charge in [0.25, 0.3) is 5.91 Å². The van der Waals surface area contributed by atoms with Crippen LogP contribution in [-0.4, -0.2) is 121 Å². The van der Waals surface area contributed by atoms with Crippen LogP contribution >= 0.6 is 0 Å². The largest absolute Gasteiger partial charge is 0.468 e. The van der Waals surface area contributed by atoms with Crippen LogP contribution in [0.3, 0.4) is 0 Å². The molecule has 0 radical (unpaired) electrons. The second-order valence-corrected chi connectivity index (χ2v) is 19.8. The van der Waals surface area contributed by atoms with Crippen LogP contribution in [0.1, 0.15) is 103 Å². The third kappa shape index (κ3) is 10.8. The molecular weight excluding hydrogens is 833 g/mol. The number of nitrogens with one attached hydrogen (secondary N) is 2. The van der Waals surface area contributed by atoms with Crippen LogP contribution in [0.2, 0.25) is 0 Å². The van der Waals surface area contributed by atoms with E-state index in [4.69, 9.17) is 19.2 Å². The van der Waals surface area contributed by atoms with Gasteiger partial charge in [-0.1, -0.05) is 71.4 Å². The zero-order chi connectivity index (χ0) is 46.5. The van der Waals surface area contributed by atoms with Gasteiger partial charge in [0, 0.05) is 87.0 Å². The van der Waals surface area contributed by atoms with E-state index in [1.54, 1.807) is 0 Å². The van der Waals surface area contributed by atoms with Crippen molar-refractivity contribution in [3.8, 4) is 11.3 Å². The highest BCUT2D eigenvalue weighted by Gasteiger charge is 2.37. The summed E-state index contributed by atoms with van der Waals surface area (Å²) < 4.78 is 19.5. The Balaban J connectivity index is 1.09. The van der Waals surface area contributed by atoms with Crippen LogP contribution in [0.4, 0.5) is 16.2 Å². The predicted octanol–water partition coefficient (Wildman–Crippen LogP) is 7.67. The van der Waals surface area contributed by atoms with Gasteiger partial charge in [-0.2, -0.15) is 0 Å². The Morgan fingerprint density at radius 3 is 2.41 bits per heavy atom. The number of amides is 2. The van der Waals surface area contributed by atoms with Crippen molar-refractivity contribution in [3.63, 3.8) is 0 Å². The number of ether oxygens (including phenoxy) is 3. The highest BCUT2D eigenvalue weighted by atomic mass is 16.5. The fourth-order valence-corrected chi connectivity index (χ4v) is 10.0. The summed E-state index contributed by atoms with van der Waals surface area (Å²) in [7, 11) is 1.34. The van der Waals surface area contributed by atoms with Crippen molar-refractivity contribution in [1.29, 1.82) is 0 Å². The zero-order valence-electron chi connectivity index (χ0n) is 40.3. The van der Waals surface area contributed by atoms with E-state index in [1.165, 1.54) is 58.4 Å². The molecule has 66 heavy (non-hydrogen) atoms. The maximum atomic E-state index is 14.3. The molecule has 14 nitrogen and oxygen atoms in total. The molecule has 0 spiro atoms. The van der Waals surface area contributed by atoms with Crippen LogP contribution in [-0.2, 0) is 43.4 Å². The SMILES string of the molecule is CCn1c(-c2cc(N3CCN(C4CC4)CC3)cnc2C(C)C)c(CC(C)(C)CC)c2cc(N3CCO[C@@H](C[C@H](NC(=O)OCc4ccccc4)C(=O)N4CCC[C@@H](C(=O)OC)N4)C3)ccc21. The topological polar surface area (TPSA) is 134 Å². The van der Waals surface area contributed by atoms with Gasteiger partial charge in [0.1, 0.15) is 18.7 Å². The minimum Gasteiger partial charge on any atom is -0.468 e. The first kappa shape index (κ1) is 47.3. The molecule has 2 N–H and O–H groups in total. The number of morpholine rings is 1. The van der Waals surface area contributed by atoms with E-state index < -0.39 is 24.1 Å². The molecule has 3 atom stereocenters. The smallest absolute Gasteiger partial charge is 0.408 e. The number of piperazine rings is 1. The number of carbonyl (C=O) groups is 3. The van der Waals surface area contributed by atoms with Crippen molar-refractivity contribution in [2.45, 2.75) is 130 Å². The molecule has 5 heterocycles. The van der Waals surface area contributed by atoms with Crippen molar-refractivity contribution in [1.82, 2.24) is 30.2 Å². The van der Waals surface area contributed by atoms with Crippen molar-refractivity contribution in [3.05, 3.63) is 77.6 Å². The lowest BCUT2D eigenvalue weighted by atomic mass is 9.81. The van der Waals surface area contributed by atoms with Crippen molar-refractivity contribution in [2.75, 3.05) is 69.3 Å². The lowest BCUT2D eigenvalue weighted by molar-refractivity contribution is -0.150. The first-order chi connectivity index (χ1) is 31.9. The van der Waals surface area contributed by atoms with Gasteiger partial charge in [-0.25, -0.2) is 10.2 Å². The number of pyridine rings is 1.